The zero-order chi connectivity index (χ0) is 23.9. The molecule has 3 rings (SSSR count). The van der Waals surface area contributed by atoms with Gasteiger partial charge in [-0.05, 0) is 58.7 Å². The van der Waals surface area contributed by atoms with Crippen LogP contribution in [0.5, 0.6) is 0 Å². The van der Waals surface area contributed by atoms with Gasteiger partial charge in [-0.25, -0.2) is 9.97 Å². The van der Waals surface area contributed by atoms with Crippen LogP contribution in [0.3, 0.4) is 0 Å². The van der Waals surface area contributed by atoms with E-state index in [1.165, 1.54) is 26.1 Å². The van der Waals surface area contributed by atoms with Crippen LogP contribution in [0.15, 0.2) is 36.7 Å². The van der Waals surface area contributed by atoms with Crippen molar-refractivity contribution in [3.05, 3.63) is 59.3 Å². The number of nitrogens with one attached hydrogen (secondary N) is 1. The van der Waals surface area contributed by atoms with Gasteiger partial charge in [-0.2, -0.15) is 13.2 Å². The molecule has 3 aromatic heterocycles. The molecule has 0 saturated heterocycles. The van der Waals surface area contributed by atoms with Crippen molar-refractivity contribution < 1.29 is 28.2 Å². The molecule has 1 amide bonds. The van der Waals surface area contributed by atoms with Crippen molar-refractivity contribution in [2.45, 2.75) is 57.9 Å². The normalized spacial score (nSPS) is 12.9. The summed E-state index contributed by atoms with van der Waals surface area (Å²) in [6.45, 7) is 6.44. The van der Waals surface area contributed by atoms with Gasteiger partial charge in [0, 0.05) is 18.0 Å². The molecule has 0 radical (unpaired) electrons. The number of carbonyl (C=O) groups excluding carboxylic acids is 1. The molecule has 32 heavy (non-hydrogen) atoms. The number of fused-ring (bicyclic) bond motifs is 1. The molecule has 3 N–H and O–H groups in total. The van der Waals surface area contributed by atoms with Crippen molar-refractivity contribution >= 4 is 17.2 Å². The predicted molar refractivity (Wildman–Crippen MR) is 112 cm³/mol. The Bertz CT molecular complexity index is 1140. The van der Waals surface area contributed by atoms with Crippen molar-refractivity contribution in [1.82, 2.24) is 14.4 Å². The maximum absolute atomic E-state index is 12.9. The van der Waals surface area contributed by atoms with E-state index in [2.05, 4.69) is 15.3 Å². The smallest absolute Gasteiger partial charge is 0.390 e. The van der Waals surface area contributed by atoms with Crippen molar-refractivity contribution in [1.29, 1.82) is 0 Å². The van der Waals surface area contributed by atoms with Gasteiger partial charge in [-0.1, -0.05) is 6.07 Å². The van der Waals surface area contributed by atoms with Crippen molar-refractivity contribution in [3.63, 3.8) is 0 Å². The number of aliphatic hydroxyl groups is 2. The van der Waals surface area contributed by atoms with E-state index in [0.717, 1.165) is 12.1 Å². The molecular formula is C22H25F3N4O3. The number of imidazole rings is 1. The first-order valence-corrected chi connectivity index (χ1v) is 9.96. The Hall–Kier alpha value is -2.98. The Balaban J connectivity index is 1.96. The van der Waals surface area contributed by atoms with Crippen LogP contribution in [0.1, 0.15) is 61.6 Å². The standard InChI is InChI=1S/C22H25F3N4O3/c1-20(2,31)9-8-13-11-29-12-16(14(21(3,4)32)10-18(29)26-13)28-19(30)15-6-5-7-17(27-15)22(23,24)25/h5-7,10-12,31-32H,8-9H2,1-4H3,(H,28,30). The number of aryl methyl sites for hydroxylation is 1. The van der Waals surface area contributed by atoms with Crippen molar-refractivity contribution in [3.8, 4) is 0 Å². The van der Waals surface area contributed by atoms with E-state index in [9.17, 15) is 28.2 Å². The number of hydrogen-bond donors (Lipinski definition) is 3. The summed E-state index contributed by atoms with van der Waals surface area (Å²) < 4.78 is 40.5. The number of alkyl halides is 3. The molecule has 0 fully saturated rings. The molecule has 7 nitrogen and oxygen atoms in total. The van der Waals surface area contributed by atoms with Gasteiger partial charge in [0.25, 0.3) is 5.91 Å². The number of carbonyl (C=O) groups is 1. The summed E-state index contributed by atoms with van der Waals surface area (Å²) >= 11 is 0. The number of halogens is 3. The maximum atomic E-state index is 12.9. The zero-order valence-electron chi connectivity index (χ0n) is 18.2. The Morgan fingerprint density at radius 2 is 1.78 bits per heavy atom. The monoisotopic (exact) mass is 450 g/mol. The van der Waals surface area contributed by atoms with Crippen molar-refractivity contribution in [2.24, 2.45) is 0 Å². The highest BCUT2D eigenvalue weighted by Crippen LogP contribution is 2.31. The van der Waals surface area contributed by atoms with E-state index < -0.39 is 34.7 Å². The Morgan fingerprint density at radius 1 is 1.09 bits per heavy atom. The van der Waals surface area contributed by atoms with E-state index in [0.29, 0.717) is 29.7 Å². The van der Waals surface area contributed by atoms with Crippen LogP contribution in [-0.4, -0.2) is 36.1 Å². The minimum atomic E-state index is -4.68. The van der Waals surface area contributed by atoms with Crippen molar-refractivity contribution in [2.75, 3.05) is 5.32 Å². The van der Waals surface area contributed by atoms with E-state index in [1.807, 2.05) is 0 Å². The molecule has 10 heteroatoms. The molecule has 0 bridgehead atoms. The van der Waals surface area contributed by atoms with E-state index in [1.54, 1.807) is 30.5 Å². The second kappa shape index (κ2) is 8.18. The van der Waals surface area contributed by atoms with Gasteiger partial charge in [0.15, 0.2) is 0 Å². The first kappa shape index (κ1) is 23.7. The lowest BCUT2D eigenvalue weighted by Gasteiger charge is -2.22. The third kappa shape index (κ3) is 5.63. The molecule has 0 aliphatic rings. The maximum Gasteiger partial charge on any atom is 0.433 e. The minimum Gasteiger partial charge on any atom is -0.390 e. The van der Waals surface area contributed by atoms with Crippen LogP contribution in [0.25, 0.3) is 5.65 Å². The molecular weight excluding hydrogens is 425 g/mol. The number of aromatic nitrogens is 3. The third-order valence-corrected chi connectivity index (χ3v) is 4.82. The fraction of sp³-hybridized carbons (Fsp3) is 0.409. The molecule has 3 heterocycles. The first-order chi connectivity index (χ1) is 14.6. The summed E-state index contributed by atoms with van der Waals surface area (Å²) in [6, 6.07) is 4.67. The number of rotatable bonds is 6. The molecule has 0 saturated carbocycles. The topological polar surface area (TPSA) is 99.8 Å². The van der Waals surface area contributed by atoms with Crippen LogP contribution in [-0.2, 0) is 18.2 Å². The molecule has 172 valence electrons. The summed E-state index contributed by atoms with van der Waals surface area (Å²) in [7, 11) is 0. The second-order valence-electron chi connectivity index (χ2n) is 8.83. The number of nitrogens with zero attached hydrogens (tertiary/aromatic N) is 3. The van der Waals surface area contributed by atoms with Crippen LogP contribution >= 0.6 is 0 Å². The number of pyridine rings is 2. The summed E-state index contributed by atoms with van der Waals surface area (Å²) in [5.74, 6) is -0.844. The highest BCUT2D eigenvalue weighted by atomic mass is 19.4. The van der Waals surface area contributed by atoms with E-state index >= 15 is 0 Å². The summed E-state index contributed by atoms with van der Waals surface area (Å²) in [4.78, 5) is 20.6. The van der Waals surface area contributed by atoms with Crippen LogP contribution < -0.4 is 5.32 Å². The molecule has 0 aliphatic carbocycles. The number of amides is 1. The first-order valence-electron chi connectivity index (χ1n) is 9.96. The second-order valence-corrected chi connectivity index (χ2v) is 8.83. The average Bonchev–Trinajstić information content (AvgIpc) is 3.06. The van der Waals surface area contributed by atoms with Gasteiger partial charge in [-0.15, -0.1) is 0 Å². The molecule has 0 aromatic carbocycles. The highest BCUT2D eigenvalue weighted by molar-refractivity contribution is 6.03. The fourth-order valence-corrected chi connectivity index (χ4v) is 3.15. The minimum absolute atomic E-state index is 0.209. The lowest BCUT2D eigenvalue weighted by atomic mass is 9.97. The largest absolute Gasteiger partial charge is 0.433 e. The number of hydrogen-bond acceptors (Lipinski definition) is 5. The van der Waals surface area contributed by atoms with Gasteiger partial charge in [0.2, 0.25) is 0 Å². The van der Waals surface area contributed by atoms with Gasteiger partial charge in [0.1, 0.15) is 17.0 Å². The van der Waals surface area contributed by atoms with E-state index in [4.69, 9.17) is 0 Å². The van der Waals surface area contributed by atoms with Crippen LogP contribution in [0.2, 0.25) is 0 Å². The van der Waals surface area contributed by atoms with Gasteiger partial charge in [-0.3, -0.25) is 4.79 Å². The SMILES string of the molecule is CC(C)(O)CCc1cn2cc(NC(=O)c3cccc(C(F)(F)F)n3)c(C(C)(C)O)cc2n1. The highest BCUT2D eigenvalue weighted by Gasteiger charge is 2.33. The molecule has 0 aliphatic heterocycles. The molecule has 0 unspecified atom stereocenters. The molecule has 3 aromatic rings. The van der Waals surface area contributed by atoms with E-state index in [-0.39, 0.29) is 5.69 Å². The predicted octanol–water partition coefficient (Wildman–Crippen LogP) is 3.93. The third-order valence-electron chi connectivity index (χ3n) is 4.82. The summed E-state index contributed by atoms with van der Waals surface area (Å²) in [6.07, 6.45) is -0.412. The lowest BCUT2D eigenvalue weighted by Crippen LogP contribution is -2.22. The molecule has 0 atom stereocenters. The zero-order valence-corrected chi connectivity index (χ0v) is 18.2. The van der Waals surface area contributed by atoms with Crippen LogP contribution in [0.4, 0.5) is 18.9 Å². The average molecular weight is 450 g/mol. The molecule has 0 spiro atoms. The van der Waals surface area contributed by atoms with Gasteiger partial charge < -0.3 is 19.9 Å². The number of anilines is 1. The Morgan fingerprint density at radius 3 is 2.38 bits per heavy atom. The Kier molecular flexibility index (Phi) is 6.05. The van der Waals surface area contributed by atoms with Gasteiger partial charge >= 0.3 is 6.18 Å². The summed E-state index contributed by atoms with van der Waals surface area (Å²) in [5.41, 5.74) is -2.03. The fourth-order valence-electron chi connectivity index (χ4n) is 3.15. The Labute approximate surface area is 182 Å². The van der Waals surface area contributed by atoms with Gasteiger partial charge in [0.05, 0.1) is 22.6 Å². The quantitative estimate of drug-likeness (QED) is 0.529. The lowest BCUT2D eigenvalue weighted by molar-refractivity contribution is -0.141. The summed E-state index contributed by atoms with van der Waals surface area (Å²) in [5, 5.41) is 23.1. The van der Waals surface area contributed by atoms with Crippen LogP contribution in [0, 0.1) is 0 Å².